The van der Waals surface area contributed by atoms with Crippen molar-refractivity contribution in [2.24, 2.45) is 0 Å². The minimum atomic E-state index is -0.515. The monoisotopic (exact) mass is 331 g/mol. The Bertz CT molecular complexity index is 669. The Morgan fingerprint density at radius 1 is 1.33 bits per heavy atom. The number of nitrogens with one attached hydrogen (secondary N) is 2. The van der Waals surface area contributed by atoms with E-state index in [1.165, 1.54) is 0 Å². The number of nitrogens with zero attached hydrogens (tertiary/aromatic N) is 3. The van der Waals surface area contributed by atoms with Gasteiger partial charge in [0.25, 0.3) is 0 Å². The lowest BCUT2D eigenvalue weighted by atomic mass is 10.1. The maximum absolute atomic E-state index is 12.0. The standard InChI is InChI=1S/C17H25N5O2/c1-4-13-6-5-7-14(8-13)19-17(24)20-15-9-18-22(10-15)12-16(23)11-21(2)3/h5-10,16,23H,4,11-12H2,1-3H3,(H2,19,20,24). The molecule has 0 saturated carbocycles. The van der Waals surface area contributed by atoms with Crippen molar-refractivity contribution in [1.82, 2.24) is 14.7 Å². The molecule has 7 nitrogen and oxygen atoms in total. The van der Waals surface area contributed by atoms with Crippen LogP contribution < -0.4 is 10.6 Å². The Hall–Kier alpha value is -2.38. The normalized spacial score (nSPS) is 12.2. The summed E-state index contributed by atoms with van der Waals surface area (Å²) in [5.41, 5.74) is 2.49. The van der Waals surface area contributed by atoms with E-state index in [0.717, 1.165) is 17.7 Å². The second kappa shape index (κ2) is 8.47. The largest absolute Gasteiger partial charge is 0.390 e. The Morgan fingerprint density at radius 2 is 2.08 bits per heavy atom. The topological polar surface area (TPSA) is 82.4 Å². The zero-order chi connectivity index (χ0) is 17.5. The van der Waals surface area contributed by atoms with Crippen LogP contribution in [0.5, 0.6) is 0 Å². The number of hydrogen-bond donors (Lipinski definition) is 3. The van der Waals surface area contributed by atoms with Gasteiger partial charge in [-0.3, -0.25) is 4.68 Å². The van der Waals surface area contributed by atoms with E-state index >= 15 is 0 Å². The van der Waals surface area contributed by atoms with Crippen LogP contribution in [0.15, 0.2) is 36.7 Å². The highest BCUT2D eigenvalue weighted by Gasteiger charge is 2.09. The van der Waals surface area contributed by atoms with Crippen LogP contribution in [0.25, 0.3) is 0 Å². The molecular formula is C17H25N5O2. The Labute approximate surface area is 142 Å². The third-order valence-electron chi connectivity index (χ3n) is 3.46. The zero-order valence-electron chi connectivity index (χ0n) is 14.4. The van der Waals surface area contributed by atoms with Gasteiger partial charge in [-0.1, -0.05) is 19.1 Å². The van der Waals surface area contributed by atoms with Crippen molar-refractivity contribution in [2.45, 2.75) is 26.0 Å². The summed E-state index contributed by atoms with van der Waals surface area (Å²) < 4.78 is 1.61. The lowest BCUT2D eigenvalue weighted by Gasteiger charge is -2.15. The van der Waals surface area contributed by atoms with Crippen molar-refractivity contribution in [3.8, 4) is 0 Å². The smallest absolute Gasteiger partial charge is 0.323 e. The summed E-state index contributed by atoms with van der Waals surface area (Å²) in [6.45, 7) is 3.00. The first kappa shape index (κ1) is 18.0. The fraction of sp³-hybridized carbons (Fsp3) is 0.412. The summed E-state index contributed by atoms with van der Waals surface area (Å²) in [6, 6.07) is 7.40. The second-order valence-corrected chi connectivity index (χ2v) is 6.00. The molecule has 1 aromatic carbocycles. The highest BCUT2D eigenvalue weighted by Crippen LogP contribution is 2.12. The molecule has 2 rings (SSSR count). The lowest BCUT2D eigenvalue weighted by molar-refractivity contribution is 0.116. The molecule has 0 aliphatic carbocycles. The average Bonchev–Trinajstić information content (AvgIpc) is 2.93. The molecule has 1 unspecified atom stereocenters. The summed E-state index contributed by atoms with van der Waals surface area (Å²) in [5, 5.41) is 19.6. The van der Waals surface area contributed by atoms with Gasteiger partial charge >= 0.3 is 6.03 Å². The van der Waals surface area contributed by atoms with Crippen LogP contribution in [-0.2, 0) is 13.0 Å². The molecule has 1 heterocycles. The number of hydrogen-bond acceptors (Lipinski definition) is 4. The van der Waals surface area contributed by atoms with Crippen molar-refractivity contribution >= 4 is 17.4 Å². The molecule has 3 N–H and O–H groups in total. The number of likely N-dealkylation sites (N-methyl/N-ethyl adjacent to an activating group) is 1. The van der Waals surface area contributed by atoms with Crippen molar-refractivity contribution in [2.75, 3.05) is 31.3 Å². The summed E-state index contributed by atoms with van der Waals surface area (Å²) >= 11 is 0. The number of aliphatic hydroxyl groups is 1. The fourth-order valence-corrected chi connectivity index (χ4v) is 2.39. The van der Waals surface area contributed by atoms with E-state index in [2.05, 4.69) is 22.7 Å². The summed E-state index contributed by atoms with van der Waals surface area (Å²) in [5.74, 6) is 0. The van der Waals surface area contributed by atoms with Gasteiger partial charge in [0.1, 0.15) is 0 Å². The van der Waals surface area contributed by atoms with Gasteiger partial charge in [-0.25, -0.2) is 4.79 Å². The van der Waals surface area contributed by atoms with Gasteiger partial charge in [0, 0.05) is 18.4 Å². The van der Waals surface area contributed by atoms with Crippen molar-refractivity contribution in [3.63, 3.8) is 0 Å². The van der Waals surface area contributed by atoms with Gasteiger partial charge in [-0.05, 0) is 38.2 Å². The number of aromatic nitrogens is 2. The molecule has 130 valence electrons. The van der Waals surface area contributed by atoms with Crippen LogP contribution in [-0.4, -0.2) is 52.6 Å². The molecular weight excluding hydrogens is 306 g/mol. The zero-order valence-corrected chi connectivity index (χ0v) is 14.4. The average molecular weight is 331 g/mol. The minimum absolute atomic E-state index is 0.323. The molecule has 0 saturated heterocycles. The molecule has 7 heteroatoms. The maximum Gasteiger partial charge on any atom is 0.323 e. The maximum atomic E-state index is 12.0. The number of amides is 2. The first-order chi connectivity index (χ1) is 11.5. The van der Waals surface area contributed by atoms with Gasteiger partial charge in [0.15, 0.2) is 0 Å². The Balaban J connectivity index is 1.88. The number of anilines is 2. The predicted octanol–water partition coefficient (Wildman–Crippen LogP) is 2.01. The van der Waals surface area contributed by atoms with E-state index in [-0.39, 0.29) is 6.03 Å². The number of aliphatic hydroxyl groups excluding tert-OH is 1. The van der Waals surface area contributed by atoms with Crippen LogP contribution >= 0.6 is 0 Å². The van der Waals surface area contributed by atoms with E-state index in [4.69, 9.17) is 0 Å². The molecule has 0 fully saturated rings. The highest BCUT2D eigenvalue weighted by molar-refractivity contribution is 5.99. The lowest BCUT2D eigenvalue weighted by Crippen LogP contribution is -2.29. The fourth-order valence-electron chi connectivity index (χ4n) is 2.39. The SMILES string of the molecule is CCc1cccc(NC(=O)Nc2cnn(CC(O)CN(C)C)c2)c1. The molecule has 1 aromatic heterocycles. The molecule has 0 aliphatic rings. The Kier molecular flexibility index (Phi) is 6.34. The molecule has 24 heavy (non-hydrogen) atoms. The summed E-state index contributed by atoms with van der Waals surface area (Å²) in [6.07, 6.45) is 3.66. The number of carbonyl (C=O) groups is 1. The second-order valence-electron chi connectivity index (χ2n) is 6.00. The molecule has 2 aromatic rings. The van der Waals surface area contributed by atoms with Crippen LogP contribution in [0, 0.1) is 0 Å². The Morgan fingerprint density at radius 3 is 2.79 bits per heavy atom. The van der Waals surface area contributed by atoms with Crippen molar-refractivity contribution < 1.29 is 9.90 Å². The number of aryl methyl sites for hydroxylation is 1. The summed E-state index contributed by atoms with van der Waals surface area (Å²) in [4.78, 5) is 14.0. The number of benzene rings is 1. The van der Waals surface area contributed by atoms with Crippen LogP contribution in [0.3, 0.4) is 0 Å². The van der Waals surface area contributed by atoms with E-state index < -0.39 is 6.10 Å². The highest BCUT2D eigenvalue weighted by atomic mass is 16.3. The number of rotatable bonds is 7. The molecule has 0 aliphatic heterocycles. The molecule has 2 amide bonds. The van der Waals surface area contributed by atoms with Gasteiger partial charge in [0.05, 0.1) is 24.5 Å². The van der Waals surface area contributed by atoms with Gasteiger partial charge in [-0.2, -0.15) is 5.10 Å². The van der Waals surface area contributed by atoms with Crippen LogP contribution in [0.4, 0.5) is 16.2 Å². The van der Waals surface area contributed by atoms with Crippen molar-refractivity contribution in [3.05, 3.63) is 42.2 Å². The third kappa shape index (κ3) is 5.68. The predicted molar refractivity (Wildman–Crippen MR) is 95.2 cm³/mol. The number of carbonyl (C=O) groups excluding carboxylic acids is 1. The van der Waals surface area contributed by atoms with E-state index in [1.807, 2.05) is 43.3 Å². The molecule has 0 spiro atoms. The van der Waals surface area contributed by atoms with Crippen LogP contribution in [0.2, 0.25) is 0 Å². The van der Waals surface area contributed by atoms with Gasteiger partial charge in [0.2, 0.25) is 0 Å². The quantitative estimate of drug-likeness (QED) is 0.725. The van der Waals surface area contributed by atoms with Crippen molar-refractivity contribution in [1.29, 1.82) is 0 Å². The van der Waals surface area contributed by atoms with E-state index in [0.29, 0.717) is 18.8 Å². The first-order valence-corrected chi connectivity index (χ1v) is 7.98. The first-order valence-electron chi connectivity index (χ1n) is 7.98. The molecule has 1 atom stereocenters. The molecule has 0 radical (unpaired) electrons. The summed E-state index contributed by atoms with van der Waals surface area (Å²) in [7, 11) is 3.80. The van der Waals surface area contributed by atoms with E-state index in [9.17, 15) is 9.90 Å². The number of urea groups is 1. The van der Waals surface area contributed by atoms with Crippen LogP contribution in [0.1, 0.15) is 12.5 Å². The molecule has 0 bridgehead atoms. The minimum Gasteiger partial charge on any atom is -0.390 e. The third-order valence-corrected chi connectivity index (χ3v) is 3.46. The van der Waals surface area contributed by atoms with E-state index in [1.54, 1.807) is 17.1 Å². The van der Waals surface area contributed by atoms with Gasteiger partial charge in [-0.15, -0.1) is 0 Å². The van der Waals surface area contributed by atoms with Gasteiger partial charge < -0.3 is 20.6 Å².